The highest BCUT2D eigenvalue weighted by atomic mass is 16.5. The molecule has 2 aromatic rings. The van der Waals surface area contributed by atoms with E-state index in [-0.39, 0.29) is 11.9 Å². The molecule has 0 spiro atoms. The maximum atomic E-state index is 12.0. The highest BCUT2D eigenvalue weighted by Crippen LogP contribution is 2.20. The van der Waals surface area contributed by atoms with Crippen molar-refractivity contribution < 1.29 is 19.1 Å². The molecule has 2 rings (SSSR count). The van der Waals surface area contributed by atoms with Gasteiger partial charge in [-0.15, -0.1) is 0 Å². The van der Waals surface area contributed by atoms with Crippen LogP contribution in [0.4, 0.5) is 0 Å². The van der Waals surface area contributed by atoms with Gasteiger partial charge in [0.15, 0.2) is 0 Å². The Morgan fingerprint density at radius 1 is 0.643 bits per heavy atom. The fourth-order valence-electron chi connectivity index (χ4n) is 3.03. The summed E-state index contributed by atoms with van der Waals surface area (Å²) >= 11 is 0. The van der Waals surface area contributed by atoms with Crippen molar-refractivity contribution in [2.75, 3.05) is 0 Å². The number of rotatable bonds is 11. The van der Waals surface area contributed by atoms with Gasteiger partial charge in [-0.1, -0.05) is 63.1 Å². The van der Waals surface area contributed by atoms with Gasteiger partial charge in [-0.25, -0.2) is 0 Å². The van der Waals surface area contributed by atoms with Crippen LogP contribution >= 0.6 is 0 Å². The first-order valence-corrected chi connectivity index (χ1v) is 10.2. The molecule has 0 N–H and O–H groups in total. The van der Waals surface area contributed by atoms with E-state index in [0.29, 0.717) is 24.3 Å². The van der Waals surface area contributed by atoms with Gasteiger partial charge in [0.05, 0.1) is 0 Å². The van der Waals surface area contributed by atoms with Gasteiger partial charge in [-0.2, -0.15) is 0 Å². The Labute approximate surface area is 167 Å². The molecule has 150 valence electrons. The Morgan fingerprint density at radius 3 is 1.43 bits per heavy atom. The number of carbonyl (C=O) groups is 2. The second-order valence-corrected chi connectivity index (χ2v) is 6.78. The minimum absolute atomic E-state index is 0.198. The van der Waals surface area contributed by atoms with Crippen molar-refractivity contribution in [3.05, 3.63) is 59.7 Å². The molecule has 28 heavy (non-hydrogen) atoms. The molecule has 0 aliphatic rings. The number of unbranched alkanes of at least 4 members (excludes halogenated alkanes) is 3. The lowest BCUT2D eigenvalue weighted by Crippen LogP contribution is -2.09. The van der Waals surface area contributed by atoms with Gasteiger partial charge in [0.25, 0.3) is 0 Å². The normalized spacial score (nSPS) is 10.5. The van der Waals surface area contributed by atoms with Crippen LogP contribution in [0.25, 0.3) is 0 Å². The highest BCUT2D eigenvalue weighted by Gasteiger charge is 2.09. The van der Waals surface area contributed by atoms with Gasteiger partial charge in [0.1, 0.15) is 11.5 Å². The number of carbonyl (C=O) groups excluding carboxylic acids is 2. The van der Waals surface area contributed by atoms with Gasteiger partial charge < -0.3 is 9.47 Å². The van der Waals surface area contributed by atoms with E-state index >= 15 is 0 Å². The maximum Gasteiger partial charge on any atom is 0.311 e. The summed E-state index contributed by atoms with van der Waals surface area (Å²) in [5.41, 5.74) is 2.08. The van der Waals surface area contributed by atoms with Crippen LogP contribution in [0.3, 0.4) is 0 Å². The number of para-hydroxylation sites is 2. The van der Waals surface area contributed by atoms with Crippen LogP contribution in [-0.2, 0) is 22.4 Å². The first kappa shape index (κ1) is 21.7. The Kier molecular flexibility index (Phi) is 9.26. The summed E-state index contributed by atoms with van der Waals surface area (Å²) in [7, 11) is 0. The summed E-state index contributed by atoms with van der Waals surface area (Å²) in [4.78, 5) is 24.0. The zero-order chi connectivity index (χ0) is 20.2. The SMILES string of the molecule is CCc1ccccc1OC(=O)CCCCCCC(=O)Oc1ccccc1CC. The number of aryl methyl sites for hydroxylation is 2. The van der Waals surface area contributed by atoms with Gasteiger partial charge in [-0.3, -0.25) is 9.59 Å². The van der Waals surface area contributed by atoms with Crippen molar-refractivity contribution in [2.24, 2.45) is 0 Å². The lowest BCUT2D eigenvalue weighted by molar-refractivity contribution is -0.135. The molecule has 0 aliphatic heterocycles. The lowest BCUT2D eigenvalue weighted by atomic mass is 10.1. The third-order valence-electron chi connectivity index (χ3n) is 4.67. The van der Waals surface area contributed by atoms with Gasteiger partial charge >= 0.3 is 11.9 Å². The van der Waals surface area contributed by atoms with Crippen molar-refractivity contribution in [3.63, 3.8) is 0 Å². The molecule has 0 saturated carbocycles. The minimum atomic E-state index is -0.198. The van der Waals surface area contributed by atoms with E-state index in [1.54, 1.807) is 0 Å². The van der Waals surface area contributed by atoms with Crippen LogP contribution in [0.1, 0.15) is 63.5 Å². The Bertz CT molecular complexity index is 701. The Balaban J connectivity index is 1.60. The van der Waals surface area contributed by atoms with Crippen LogP contribution < -0.4 is 9.47 Å². The quantitative estimate of drug-likeness (QED) is 0.286. The number of hydrogen-bond donors (Lipinski definition) is 0. The van der Waals surface area contributed by atoms with Crippen LogP contribution in [0, 0.1) is 0 Å². The first-order valence-electron chi connectivity index (χ1n) is 10.2. The zero-order valence-electron chi connectivity index (χ0n) is 16.9. The smallest absolute Gasteiger partial charge is 0.311 e. The second-order valence-electron chi connectivity index (χ2n) is 6.78. The highest BCUT2D eigenvalue weighted by molar-refractivity contribution is 5.73. The van der Waals surface area contributed by atoms with Gasteiger partial charge in [-0.05, 0) is 48.9 Å². The van der Waals surface area contributed by atoms with Crippen LogP contribution in [0.15, 0.2) is 48.5 Å². The second kappa shape index (κ2) is 12.0. The van der Waals surface area contributed by atoms with E-state index in [1.165, 1.54) is 0 Å². The first-order chi connectivity index (χ1) is 13.6. The summed E-state index contributed by atoms with van der Waals surface area (Å²) in [5.74, 6) is 0.920. The molecule has 0 fully saturated rings. The third kappa shape index (κ3) is 7.18. The molecule has 4 nitrogen and oxygen atoms in total. The van der Waals surface area contributed by atoms with Crippen molar-refractivity contribution in [2.45, 2.75) is 65.2 Å². The predicted octanol–water partition coefficient (Wildman–Crippen LogP) is 5.66. The molecule has 0 bridgehead atoms. The molecule has 0 atom stereocenters. The molecule has 0 aliphatic carbocycles. The van der Waals surface area contributed by atoms with Crippen LogP contribution in [0.5, 0.6) is 11.5 Å². The lowest BCUT2D eigenvalue weighted by Gasteiger charge is -2.09. The summed E-state index contributed by atoms with van der Waals surface area (Å²) in [6.45, 7) is 4.08. The number of esters is 2. The maximum absolute atomic E-state index is 12.0. The average Bonchev–Trinajstić information content (AvgIpc) is 2.71. The van der Waals surface area contributed by atoms with Crippen molar-refractivity contribution in [1.82, 2.24) is 0 Å². The van der Waals surface area contributed by atoms with E-state index in [0.717, 1.165) is 49.7 Å². The fourth-order valence-corrected chi connectivity index (χ4v) is 3.03. The summed E-state index contributed by atoms with van der Waals surface area (Å²) < 4.78 is 10.9. The molecule has 2 aromatic carbocycles. The summed E-state index contributed by atoms with van der Waals surface area (Å²) in [6.07, 6.45) is 5.78. The average molecular weight is 383 g/mol. The zero-order valence-corrected chi connectivity index (χ0v) is 16.9. The summed E-state index contributed by atoms with van der Waals surface area (Å²) in [5, 5.41) is 0. The fraction of sp³-hybridized carbons (Fsp3) is 0.417. The largest absolute Gasteiger partial charge is 0.426 e. The topological polar surface area (TPSA) is 52.6 Å². The molecule has 0 radical (unpaired) electrons. The molecule has 0 unspecified atom stereocenters. The standard InChI is InChI=1S/C24H30O4/c1-3-19-13-9-11-15-21(19)27-23(25)17-7-5-6-8-18-24(26)28-22-16-12-10-14-20(22)4-2/h9-16H,3-8,17-18H2,1-2H3. The number of ether oxygens (including phenoxy) is 2. The Morgan fingerprint density at radius 2 is 1.04 bits per heavy atom. The summed E-state index contributed by atoms with van der Waals surface area (Å²) in [6, 6.07) is 15.3. The van der Waals surface area contributed by atoms with Crippen LogP contribution in [-0.4, -0.2) is 11.9 Å². The van der Waals surface area contributed by atoms with Crippen molar-refractivity contribution >= 4 is 11.9 Å². The third-order valence-corrected chi connectivity index (χ3v) is 4.67. The van der Waals surface area contributed by atoms with Gasteiger partial charge in [0, 0.05) is 12.8 Å². The van der Waals surface area contributed by atoms with E-state index in [9.17, 15) is 9.59 Å². The molecule has 0 aromatic heterocycles. The van der Waals surface area contributed by atoms with Crippen LogP contribution in [0.2, 0.25) is 0 Å². The van der Waals surface area contributed by atoms with Gasteiger partial charge in [0.2, 0.25) is 0 Å². The molecule has 0 amide bonds. The van der Waals surface area contributed by atoms with E-state index < -0.39 is 0 Å². The minimum Gasteiger partial charge on any atom is -0.426 e. The predicted molar refractivity (Wildman–Crippen MR) is 111 cm³/mol. The number of hydrogen-bond acceptors (Lipinski definition) is 4. The molecular weight excluding hydrogens is 352 g/mol. The van der Waals surface area contributed by atoms with E-state index in [1.807, 2.05) is 62.4 Å². The molecule has 0 saturated heterocycles. The van der Waals surface area contributed by atoms with E-state index in [2.05, 4.69) is 0 Å². The number of benzene rings is 2. The molecule has 0 heterocycles. The van der Waals surface area contributed by atoms with E-state index in [4.69, 9.17) is 9.47 Å². The molecular formula is C24H30O4. The van der Waals surface area contributed by atoms with Crippen molar-refractivity contribution in [1.29, 1.82) is 0 Å². The van der Waals surface area contributed by atoms with Crippen molar-refractivity contribution in [3.8, 4) is 11.5 Å². The molecule has 4 heteroatoms. The Hall–Kier alpha value is -2.62. The monoisotopic (exact) mass is 382 g/mol.